The van der Waals surface area contributed by atoms with E-state index in [1.807, 2.05) is 36.4 Å². The molecule has 0 unspecified atom stereocenters. The van der Waals surface area contributed by atoms with E-state index in [4.69, 9.17) is 27.9 Å². The molecule has 2 aromatic rings. The number of ether oxygens (including phenoxy) is 1. The van der Waals surface area contributed by atoms with Crippen LogP contribution in [0.3, 0.4) is 0 Å². The number of amides is 2. The molecule has 0 saturated heterocycles. The Bertz CT molecular complexity index is 2540. The van der Waals surface area contributed by atoms with Crippen molar-refractivity contribution in [2.45, 2.75) is 191 Å². The summed E-state index contributed by atoms with van der Waals surface area (Å²) < 4.78 is 63.3. The number of hydrogen-bond donors (Lipinski definition) is 1. The maximum Gasteiger partial charge on any atom is 0.312 e. The monoisotopic (exact) mass is 996 g/mol. The molecular formula is C55H66Cl2F4N2O6. The number of aryl methyl sites for hydroxylation is 2. The third-order valence-corrected chi connectivity index (χ3v) is 18.3. The number of rotatable bonds is 10. The number of esters is 1. The van der Waals surface area contributed by atoms with Gasteiger partial charge in [-0.2, -0.15) is 0 Å². The van der Waals surface area contributed by atoms with Gasteiger partial charge in [-0.1, -0.05) is 89.0 Å². The minimum Gasteiger partial charge on any atom is -0.481 e. The second kappa shape index (κ2) is 16.3. The van der Waals surface area contributed by atoms with Crippen molar-refractivity contribution in [3.8, 4) is 0 Å². The van der Waals surface area contributed by atoms with E-state index in [-0.39, 0.29) is 80.0 Å². The van der Waals surface area contributed by atoms with E-state index in [1.165, 1.54) is 7.11 Å². The second-order valence-electron chi connectivity index (χ2n) is 25.0. The van der Waals surface area contributed by atoms with Gasteiger partial charge in [-0.05, 0) is 133 Å². The molecule has 8 saturated carbocycles. The number of hydrogen-bond acceptors (Lipinski definition) is 5. The molecule has 14 heteroatoms. The first-order valence-electron chi connectivity index (χ1n) is 24.7. The maximum atomic E-state index is 14.6. The fraction of sp³-hybridized carbons (Fsp3) is 0.636. The van der Waals surface area contributed by atoms with Crippen molar-refractivity contribution in [1.82, 2.24) is 9.80 Å². The molecule has 374 valence electrons. The number of aliphatic carboxylic acids is 1. The number of benzene rings is 2. The minimum absolute atomic E-state index is 0.0648. The number of allylic oxidation sites excluding steroid dienone is 2. The lowest BCUT2D eigenvalue weighted by molar-refractivity contribution is -0.226. The summed E-state index contributed by atoms with van der Waals surface area (Å²) in [4.78, 5) is 53.8. The smallest absolute Gasteiger partial charge is 0.312 e. The van der Waals surface area contributed by atoms with E-state index in [1.54, 1.807) is 22.2 Å². The Hall–Kier alpha value is -3.90. The lowest BCUT2D eigenvalue weighted by Gasteiger charge is -2.72. The lowest BCUT2D eigenvalue weighted by atomic mass is 9.38. The number of carboxylic acids is 1. The average Bonchev–Trinajstić information content (AvgIpc) is 3.17. The molecule has 8 fully saturated rings. The standard InChI is InChI=1S/C28H34ClF2NO3.C27H32ClF2NO3/c1-24(2,3)8-7-18-5-6-19(11-21(18)29)27-9-10-28(30,31)12-20(27)14-32(22(33)13-27)26-15-25(16-26,17-26)23(34)35-4;1-23(2,3)7-6-17-4-5-18(10-20(17)28)26-8-9-27(29,30)11-19(26)13-31(21(32)12-26)25-14-24(15-25,16-25)22(33)34/h5-6,11,14H,7-10,12-13,15-17H2,1-4H3;4-5,10,13H,6-9,11-12,14-16H2,1-3H3,(H,33,34)/t25?,26?,27-;24?,25?,26-/m00/s1. The van der Waals surface area contributed by atoms with Crippen LogP contribution >= 0.6 is 23.2 Å². The van der Waals surface area contributed by atoms with Gasteiger partial charge < -0.3 is 19.6 Å². The Morgan fingerprint density at radius 2 is 1.00 bits per heavy atom. The summed E-state index contributed by atoms with van der Waals surface area (Å²) >= 11 is 13.4. The van der Waals surface area contributed by atoms with Crippen LogP contribution in [-0.2, 0) is 47.6 Å². The quantitative estimate of drug-likeness (QED) is 0.188. The highest BCUT2D eigenvalue weighted by Crippen LogP contribution is 2.72. The van der Waals surface area contributed by atoms with Crippen molar-refractivity contribution in [3.63, 3.8) is 0 Å². The summed E-state index contributed by atoms with van der Waals surface area (Å²) in [6.07, 6.45) is 9.21. The number of methoxy groups -OCH3 is 1. The number of carboxylic acid groups (broad SMARTS) is 1. The van der Waals surface area contributed by atoms with E-state index in [9.17, 15) is 41.8 Å². The van der Waals surface area contributed by atoms with Crippen LogP contribution in [0.4, 0.5) is 17.6 Å². The number of fused-ring (bicyclic) bond motifs is 2. The van der Waals surface area contributed by atoms with Gasteiger partial charge in [0.15, 0.2) is 0 Å². The zero-order valence-electron chi connectivity index (χ0n) is 41.0. The molecule has 8 nitrogen and oxygen atoms in total. The predicted octanol–water partition coefficient (Wildman–Crippen LogP) is 13.1. The summed E-state index contributed by atoms with van der Waals surface area (Å²) in [6, 6.07) is 11.7. The largest absolute Gasteiger partial charge is 0.481 e. The second-order valence-corrected chi connectivity index (χ2v) is 25.8. The van der Waals surface area contributed by atoms with Gasteiger partial charge >= 0.3 is 11.9 Å². The molecule has 2 amide bonds. The summed E-state index contributed by atoms with van der Waals surface area (Å²) in [5.41, 5.74) is 1.52. The Morgan fingerprint density at radius 3 is 1.33 bits per heavy atom. The van der Waals surface area contributed by atoms with E-state index in [0.29, 0.717) is 59.7 Å². The van der Waals surface area contributed by atoms with Crippen molar-refractivity contribution >= 4 is 47.0 Å². The minimum atomic E-state index is -2.82. The zero-order chi connectivity index (χ0) is 50.2. The average molecular weight is 998 g/mol. The molecular weight excluding hydrogens is 932 g/mol. The summed E-state index contributed by atoms with van der Waals surface area (Å²) in [5.74, 6) is -6.86. The summed E-state index contributed by atoms with van der Waals surface area (Å²) in [7, 11) is 1.38. The van der Waals surface area contributed by atoms with E-state index in [2.05, 4.69) is 41.5 Å². The molecule has 8 aliphatic carbocycles. The van der Waals surface area contributed by atoms with E-state index < -0.39 is 50.6 Å². The Morgan fingerprint density at radius 1 is 0.623 bits per heavy atom. The van der Waals surface area contributed by atoms with Gasteiger partial charge in [0.1, 0.15) is 0 Å². The molecule has 10 aliphatic rings. The number of halogens is 6. The molecule has 2 atom stereocenters. The fourth-order valence-corrected chi connectivity index (χ4v) is 14.0. The molecule has 4 bridgehead atoms. The first-order chi connectivity index (χ1) is 31.9. The third-order valence-electron chi connectivity index (χ3n) is 17.6. The topological polar surface area (TPSA) is 104 Å². The number of alkyl halides is 4. The van der Waals surface area contributed by atoms with Crippen molar-refractivity contribution in [3.05, 3.63) is 92.2 Å². The van der Waals surface area contributed by atoms with Crippen molar-refractivity contribution < 1.29 is 46.6 Å². The van der Waals surface area contributed by atoms with Crippen LogP contribution in [0.2, 0.25) is 10.0 Å². The molecule has 0 aromatic heterocycles. The Labute approximate surface area is 413 Å². The van der Waals surface area contributed by atoms with E-state index in [0.717, 1.165) is 47.9 Å². The Balaban J connectivity index is 0.000000172. The summed E-state index contributed by atoms with van der Waals surface area (Å²) in [6.45, 7) is 13.1. The van der Waals surface area contributed by atoms with Crippen LogP contribution in [0.15, 0.2) is 59.9 Å². The SMILES string of the molecule is CC(C)(C)CCc1ccc([C@@]23CCC(F)(F)CC2=CN(C24CC(C(=O)O)(C2)C4)C(=O)C3)cc1Cl.COC(=O)C12CC(N3C=C4CC(F)(F)CC[C@@]4(c4ccc(CCC(C)(C)C)c(Cl)c4)CC3=O)(C1)C2. The first-order valence-corrected chi connectivity index (χ1v) is 25.4. The first kappa shape index (κ1) is 50.1. The molecule has 2 heterocycles. The third kappa shape index (κ3) is 8.54. The molecule has 2 aromatic carbocycles. The van der Waals surface area contributed by atoms with Gasteiger partial charge in [0, 0.05) is 71.8 Å². The van der Waals surface area contributed by atoms with Gasteiger partial charge in [0.05, 0.1) is 29.0 Å². The van der Waals surface area contributed by atoms with Crippen LogP contribution in [0, 0.1) is 21.7 Å². The zero-order valence-corrected chi connectivity index (χ0v) is 42.5. The van der Waals surface area contributed by atoms with Crippen molar-refractivity contribution in [2.75, 3.05) is 7.11 Å². The normalized spacial score (nSPS) is 33.6. The fourth-order valence-electron chi connectivity index (χ4n) is 13.5. The maximum absolute atomic E-state index is 14.6. The molecule has 2 aliphatic heterocycles. The molecule has 0 spiro atoms. The molecule has 1 N–H and O–H groups in total. The molecule has 69 heavy (non-hydrogen) atoms. The van der Waals surface area contributed by atoms with Gasteiger partial charge in [0.25, 0.3) is 11.8 Å². The lowest BCUT2D eigenvalue weighted by Crippen LogP contribution is -2.77. The molecule has 0 radical (unpaired) electrons. The highest BCUT2D eigenvalue weighted by atomic mass is 35.5. The van der Waals surface area contributed by atoms with Crippen molar-refractivity contribution in [1.29, 1.82) is 0 Å². The Kier molecular flexibility index (Phi) is 11.8. The molecule has 12 rings (SSSR count). The van der Waals surface area contributed by atoms with Gasteiger partial charge in [-0.3, -0.25) is 19.2 Å². The number of carbonyl (C=O) groups is 4. The van der Waals surface area contributed by atoms with Crippen LogP contribution in [0.5, 0.6) is 0 Å². The van der Waals surface area contributed by atoms with E-state index >= 15 is 0 Å². The summed E-state index contributed by atoms with van der Waals surface area (Å²) in [5, 5.41) is 10.7. The van der Waals surface area contributed by atoms with Gasteiger partial charge in [-0.25, -0.2) is 17.6 Å². The number of carbonyl (C=O) groups excluding carboxylic acids is 3. The van der Waals surface area contributed by atoms with Crippen LogP contribution in [0.1, 0.15) is 167 Å². The van der Waals surface area contributed by atoms with Crippen LogP contribution in [-0.4, -0.2) is 68.7 Å². The predicted molar refractivity (Wildman–Crippen MR) is 256 cm³/mol. The van der Waals surface area contributed by atoms with Crippen molar-refractivity contribution in [2.24, 2.45) is 21.7 Å². The van der Waals surface area contributed by atoms with Gasteiger partial charge in [0.2, 0.25) is 11.8 Å². The van der Waals surface area contributed by atoms with Crippen LogP contribution in [0.25, 0.3) is 0 Å². The van der Waals surface area contributed by atoms with Gasteiger partial charge in [-0.15, -0.1) is 0 Å². The number of nitrogens with zero attached hydrogens (tertiary/aromatic N) is 2. The highest BCUT2D eigenvalue weighted by molar-refractivity contribution is 6.31. The highest BCUT2D eigenvalue weighted by Gasteiger charge is 2.77. The van der Waals surface area contributed by atoms with Crippen LogP contribution < -0.4 is 0 Å².